The van der Waals surface area contributed by atoms with E-state index < -0.39 is 0 Å². The number of hydrogen-bond donors (Lipinski definition) is 0. The van der Waals surface area contributed by atoms with Crippen LogP contribution in [0.25, 0.3) is 10.7 Å². The zero-order chi connectivity index (χ0) is 16.5. The van der Waals surface area contributed by atoms with Gasteiger partial charge in [-0.1, -0.05) is 36.0 Å². The molecule has 0 fully saturated rings. The van der Waals surface area contributed by atoms with Gasteiger partial charge in [0, 0.05) is 19.3 Å². The first-order chi connectivity index (χ1) is 11.7. The number of rotatable bonds is 4. The van der Waals surface area contributed by atoms with Crippen molar-refractivity contribution in [3.05, 3.63) is 47.3 Å². The molecule has 3 heterocycles. The lowest BCUT2D eigenvalue weighted by molar-refractivity contribution is -0.116. The van der Waals surface area contributed by atoms with Crippen LogP contribution in [0, 0.1) is 0 Å². The highest BCUT2D eigenvalue weighted by molar-refractivity contribution is 7.99. The SMILES string of the molecule is Cn1c(SCC(=O)N2CCc3ccccc32)nnc1-c1cccs1. The molecule has 0 aliphatic carbocycles. The predicted octanol–water partition coefficient (Wildman–Crippen LogP) is 3.23. The molecule has 1 amide bonds. The van der Waals surface area contributed by atoms with Gasteiger partial charge in [-0.15, -0.1) is 21.5 Å². The van der Waals surface area contributed by atoms with E-state index in [-0.39, 0.29) is 5.91 Å². The van der Waals surface area contributed by atoms with Crippen LogP contribution < -0.4 is 4.90 Å². The van der Waals surface area contributed by atoms with Crippen molar-refractivity contribution in [3.8, 4) is 10.7 Å². The van der Waals surface area contributed by atoms with Gasteiger partial charge in [0.1, 0.15) is 0 Å². The highest BCUT2D eigenvalue weighted by Gasteiger charge is 2.24. The summed E-state index contributed by atoms with van der Waals surface area (Å²) in [5.41, 5.74) is 2.29. The number of anilines is 1. The Kier molecular flexibility index (Phi) is 4.12. The summed E-state index contributed by atoms with van der Waals surface area (Å²) in [6.45, 7) is 0.762. The summed E-state index contributed by atoms with van der Waals surface area (Å²) >= 11 is 3.07. The smallest absolute Gasteiger partial charge is 0.237 e. The molecule has 24 heavy (non-hydrogen) atoms. The monoisotopic (exact) mass is 356 g/mol. The minimum atomic E-state index is 0.116. The highest BCUT2D eigenvalue weighted by atomic mass is 32.2. The first-order valence-corrected chi connectivity index (χ1v) is 9.55. The van der Waals surface area contributed by atoms with Crippen LogP contribution >= 0.6 is 23.1 Å². The molecule has 1 aliphatic rings. The summed E-state index contributed by atoms with van der Waals surface area (Å²) < 4.78 is 1.95. The molecule has 0 saturated heterocycles. The highest BCUT2D eigenvalue weighted by Crippen LogP contribution is 2.29. The van der Waals surface area contributed by atoms with Crippen LogP contribution in [0.5, 0.6) is 0 Å². The van der Waals surface area contributed by atoms with Crippen molar-refractivity contribution in [2.45, 2.75) is 11.6 Å². The van der Waals surface area contributed by atoms with Crippen molar-refractivity contribution in [1.82, 2.24) is 14.8 Å². The number of hydrogen-bond acceptors (Lipinski definition) is 5. The third-order valence-corrected chi connectivity index (χ3v) is 5.96. The zero-order valence-electron chi connectivity index (χ0n) is 13.2. The summed E-state index contributed by atoms with van der Waals surface area (Å²) in [5, 5.41) is 11.3. The molecule has 0 saturated carbocycles. The predicted molar refractivity (Wildman–Crippen MR) is 97.5 cm³/mol. The van der Waals surface area contributed by atoms with Gasteiger partial charge in [-0.05, 0) is 29.5 Å². The van der Waals surface area contributed by atoms with Gasteiger partial charge in [-0.3, -0.25) is 4.79 Å². The van der Waals surface area contributed by atoms with E-state index in [2.05, 4.69) is 16.3 Å². The van der Waals surface area contributed by atoms with E-state index in [0.717, 1.165) is 34.5 Å². The largest absolute Gasteiger partial charge is 0.311 e. The Morgan fingerprint density at radius 1 is 1.25 bits per heavy atom. The van der Waals surface area contributed by atoms with Gasteiger partial charge in [0.15, 0.2) is 11.0 Å². The van der Waals surface area contributed by atoms with E-state index >= 15 is 0 Å². The van der Waals surface area contributed by atoms with Gasteiger partial charge >= 0.3 is 0 Å². The molecule has 4 rings (SSSR count). The molecule has 0 atom stereocenters. The fraction of sp³-hybridized carbons (Fsp3) is 0.235. The van der Waals surface area contributed by atoms with Crippen LogP contribution in [0.1, 0.15) is 5.56 Å². The first kappa shape index (κ1) is 15.4. The Morgan fingerprint density at radius 3 is 2.96 bits per heavy atom. The average Bonchev–Trinajstić information content (AvgIpc) is 3.32. The van der Waals surface area contributed by atoms with Crippen molar-refractivity contribution in [3.63, 3.8) is 0 Å². The summed E-state index contributed by atoms with van der Waals surface area (Å²) in [6, 6.07) is 12.1. The Hall–Kier alpha value is -2.12. The van der Waals surface area contributed by atoms with Crippen LogP contribution in [0.4, 0.5) is 5.69 Å². The van der Waals surface area contributed by atoms with Crippen molar-refractivity contribution in [1.29, 1.82) is 0 Å². The molecular weight excluding hydrogens is 340 g/mol. The fourth-order valence-corrected chi connectivity index (χ4v) is 4.39. The third-order valence-electron chi connectivity index (χ3n) is 4.09. The maximum atomic E-state index is 12.6. The standard InChI is InChI=1S/C17H16N4OS2/c1-20-16(14-7-4-10-23-14)18-19-17(20)24-11-15(22)21-9-8-12-5-2-3-6-13(12)21/h2-7,10H,8-9,11H2,1H3. The maximum absolute atomic E-state index is 12.6. The topological polar surface area (TPSA) is 51.0 Å². The summed E-state index contributed by atoms with van der Waals surface area (Å²) in [6.07, 6.45) is 0.930. The number of thiophene rings is 1. The molecule has 1 aliphatic heterocycles. The molecule has 0 N–H and O–H groups in total. The molecule has 0 radical (unpaired) electrons. The molecule has 122 valence electrons. The molecule has 5 nitrogen and oxygen atoms in total. The first-order valence-electron chi connectivity index (χ1n) is 7.68. The molecule has 7 heteroatoms. The third kappa shape index (κ3) is 2.74. The van der Waals surface area contributed by atoms with Gasteiger partial charge in [0.25, 0.3) is 0 Å². The Balaban J connectivity index is 1.45. The molecular formula is C17H16N4OS2. The van der Waals surface area contributed by atoms with Crippen LogP contribution in [-0.4, -0.2) is 33.0 Å². The fourth-order valence-electron chi connectivity index (χ4n) is 2.86. The number of fused-ring (bicyclic) bond motifs is 1. The molecule has 0 bridgehead atoms. The normalized spacial score (nSPS) is 13.3. The second-order valence-electron chi connectivity index (χ2n) is 5.56. The molecule has 3 aromatic rings. The van der Waals surface area contributed by atoms with Gasteiger partial charge < -0.3 is 9.47 Å². The molecule has 1 aromatic carbocycles. The van der Waals surface area contributed by atoms with Crippen LogP contribution in [0.15, 0.2) is 46.9 Å². The number of thioether (sulfide) groups is 1. The molecule has 2 aromatic heterocycles. The maximum Gasteiger partial charge on any atom is 0.237 e. The van der Waals surface area contributed by atoms with E-state index in [1.54, 1.807) is 11.3 Å². The van der Waals surface area contributed by atoms with Gasteiger partial charge in [-0.2, -0.15) is 0 Å². The lowest BCUT2D eigenvalue weighted by atomic mass is 10.2. The number of carbonyl (C=O) groups excluding carboxylic acids is 1. The van der Waals surface area contributed by atoms with E-state index in [1.165, 1.54) is 17.3 Å². The van der Waals surface area contributed by atoms with Crippen LogP contribution in [0.2, 0.25) is 0 Å². The summed E-state index contributed by atoms with van der Waals surface area (Å²) in [7, 11) is 1.94. The number of nitrogens with zero attached hydrogens (tertiary/aromatic N) is 4. The summed E-state index contributed by atoms with van der Waals surface area (Å²) in [5.74, 6) is 1.32. The number of aromatic nitrogens is 3. The van der Waals surface area contributed by atoms with Crippen molar-refractivity contribution in [2.24, 2.45) is 7.05 Å². The Morgan fingerprint density at radius 2 is 2.12 bits per heavy atom. The minimum absolute atomic E-state index is 0.116. The van der Waals surface area contributed by atoms with E-state index in [1.807, 2.05) is 52.2 Å². The lowest BCUT2D eigenvalue weighted by Crippen LogP contribution is -2.30. The lowest BCUT2D eigenvalue weighted by Gasteiger charge is -2.16. The average molecular weight is 356 g/mol. The van der Waals surface area contributed by atoms with E-state index in [4.69, 9.17) is 0 Å². The van der Waals surface area contributed by atoms with E-state index in [0.29, 0.717) is 5.75 Å². The number of carbonyl (C=O) groups is 1. The molecule has 0 spiro atoms. The second kappa shape index (κ2) is 6.41. The molecule has 0 unspecified atom stereocenters. The quantitative estimate of drug-likeness (QED) is 0.674. The van der Waals surface area contributed by atoms with Crippen LogP contribution in [-0.2, 0) is 18.3 Å². The number of amides is 1. The van der Waals surface area contributed by atoms with Crippen molar-refractivity contribution >= 4 is 34.7 Å². The van der Waals surface area contributed by atoms with Gasteiger partial charge in [0.05, 0.1) is 10.6 Å². The zero-order valence-corrected chi connectivity index (χ0v) is 14.8. The van der Waals surface area contributed by atoms with Crippen LogP contribution in [0.3, 0.4) is 0 Å². The summed E-state index contributed by atoms with van der Waals surface area (Å²) in [4.78, 5) is 15.5. The van der Waals surface area contributed by atoms with Crippen molar-refractivity contribution in [2.75, 3.05) is 17.2 Å². The Bertz CT molecular complexity index is 873. The second-order valence-corrected chi connectivity index (χ2v) is 7.45. The number of benzene rings is 1. The van der Waals surface area contributed by atoms with Crippen molar-refractivity contribution < 1.29 is 4.79 Å². The minimum Gasteiger partial charge on any atom is -0.311 e. The Labute approximate surface area is 148 Å². The van der Waals surface area contributed by atoms with Gasteiger partial charge in [-0.25, -0.2) is 0 Å². The number of para-hydroxylation sites is 1. The van der Waals surface area contributed by atoms with Gasteiger partial charge in [0.2, 0.25) is 5.91 Å². The van der Waals surface area contributed by atoms with E-state index in [9.17, 15) is 4.79 Å².